The number of anilines is 1. The van der Waals surface area contributed by atoms with Crippen molar-refractivity contribution in [1.82, 2.24) is 9.55 Å². The first-order valence-electron chi connectivity index (χ1n) is 6.18. The van der Waals surface area contributed by atoms with E-state index in [0.29, 0.717) is 6.04 Å². The van der Waals surface area contributed by atoms with E-state index in [1.54, 1.807) is 0 Å². The van der Waals surface area contributed by atoms with Crippen molar-refractivity contribution in [2.24, 2.45) is 0 Å². The molecule has 1 aromatic heterocycles. The third kappa shape index (κ3) is 1.82. The van der Waals surface area contributed by atoms with Gasteiger partial charge in [-0.3, -0.25) is 0 Å². The quantitative estimate of drug-likeness (QED) is 0.761. The first-order valence-corrected chi connectivity index (χ1v) is 6.18. The van der Waals surface area contributed by atoms with Crippen molar-refractivity contribution in [1.29, 1.82) is 0 Å². The lowest BCUT2D eigenvalue weighted by molar-refractivity contribution is 0.426. The lowest BCUT2D eigenvalue weighted by Crippen LogP contribution is -2.14. The number of fused-ring (bicyclic) bond motifs is 1. The molecule has 0 saturated heterocycles. The second-order valence-electron chi connectivity index (χ2n) is 4.81. The van der Waals surface area contributed by atoms with Crippen LogP contribution in [0.3, 0.4) is 0 Å². The van der Waals surface area contributed by atoms with Gasteiger partial charge in [0, 0.05) is 29.9 Å². The van der Waals surface area contributed by atoms with Crippen molar-refractivity contribution < 1.29 is 0 Å². The maximum absolute atomic E-state index is 5.70. The van der Waals surface area contributed by atoms with Crippen LogP contribution >= 0.6 is 0 Å². The number of aryl methyl sites for hydroxylation is 1. The highest BCUT2D eigenvalue weighted by molar-refractivity contribution is 5.61. The summed E-state index contributed by atoms with van der Waals surface area (Å²) in [6.45, 7) is 2.26. The summed E-state index contributed by atoms with van der Waals surface area (Å²) in [5, 5.41) is 0. The lowest BCUT2D eigenvalue weighted by Gasteiger charge is -2.20. The van der Waals surface area contributed by atoms with Gasteiger partial charge in [-0.1, -0.05) is 12.1 Å². The number of hydrogen-bond acceptors (Lipinski definition) is 2. The van der Waals surface area contributed by atoms with Crippen LogP contribution in [0.5, 0.6) is 0 Å². The fourth-order valence-corrected chi connectivity index (χ4v) is 2.49. The lowest BCUT2D eigenvalue weighted by atomic mass is 10.1. The Morgan fingerprint density at radius 2 is 2.06 bits per heavy atom. The second kappa shape index (κ2) is 3.91. The molecule has 0 radical (unpaired) electrons. The van der Waals surface area contributed by atoms with Crippen molar-refractivity contribution in [2.75, 3.05) is 5.73 Å². The summed E-state index contributed by atoms with van der Waals surface area (Å²) in [5.74, 6) is 1.22. The summed E-state index contributed by atoms with van der Waals surface area (Å²) < 4.78 is 2.31. The third-order valence-corrected chi connectivity index (χ3v) is 3.51. The van der Waals surface area contributed by atoms with Gasteiger partial charge in [0.15, 0.2) is 0 Å². The first-order chi connectivity index (χ1) is 8.24. The zero-order valence-corrected chi connectivity index (χ0v) is 10.1. The average molecular weight is 227 g/mol. The molecule has 3 heteroatoms. The molecule has 2 N–H and O–H groups in total. The molecule has 3 nitrogen and oxygen atoms in total. The summed E-state index contributed by atoms with van der Waals surface area (Å²) in [4.78, 5) is 4.72. The van der Waals surface area contributed by atoms with Crippen LogP contribution in [0.2, 0.25) is 0 Å². The van der Waals surface area contributed by atoms with Crippen LogP contribution in [-0.2, 0) is 6.42 Å². The molecule has 3 rings (SSSR count). The molecule has 88 valence electrons. The van der Waals surface area contributed by atoms with Crippen molar-refractivity contribution in [3.8, 4) is 11.3 Å². The van der Waals surface area contributed by atoms with Crippen LogP contribution in [-0.4, -0.2) is 9.55 Å². The summed E-state index contributed by atoms with van der Waals surface area (Å²) >= 11 is 0. The van der Waals surface area contributed by atoms with E-state index in [1.807, 2.05) is 24.3 Å². The van der Waals surface area contributed by atoms with Crippen LogP contribution in [0.25, 0.3) is 11.3 Å². The van der Waals surface area contributed by atoms with E-state index in [2.05, 4.69) is 17.7 Å². The van der Waals surface area contributed by atoms with Crippen molar-refractivity contribution in [3.63, 3.8) is 0 Å². The minimum absolute atomic E-state index is 0.578. The highest BCUT2D eigenvalue weighted by Crippen LogP contribution is 2.28. The minimum Gasteiger partial charge on any atom is -0.399 e. The highest BCUT2D eigenvalue weighted by Gasteiger charge is 2.18. The minimum atomic E-state index is 0.578. The normalized spacial score (nSPS) is 19.0. The summed E-state index contributed by atoms with van der Waals surface area (Å²) in [7, 11) is 0. The monoisotopic (exact) mass is 227 g/mol. The largest absolute Gasteiger partial charge is 0.399 e. The van der Waals surface area contributed by atoms with Gasteiger partial charge in [0.2, 0.25) is 0 Å². The molecule has 0 saturated carbocycles. The molecule has 1 aromatic carbocycles. The molecule has 1 atom stereocenters. The number of hydrogen-bond donors (Lipinski definition) is 1. The third-order valence-electron chi connectivity index (χ3n) is 3.51. The fraction of sp³-hybridized carbons (Fsp3) is 0.357. The van der Waals surface area contributed by atoms with Crippen LogP contribution in [0.1, 0.15) is 31.6 Å². The summed E-state index contributed by atoms with van der Waals surface area (Å²) in [6, 6.07) is 8.51. The number of aromatic nitrogens is 2. The number of nitrogen functional groups attached to an aromatic ring is 1. The molecule has 0 unspecified atom stereocenters. The predicted molar refractivity (Wildman–Crippen MR) is 69.7 cm³/mol. The number of nitrogens with zero attached hydrogens (tertiary/aromatic N) is 2. The fourth-order valence-electron chi connectivity index (χ4n) is 2.49. The summed E-state index contributed by atoms with van der Waals surface area (Å²) in [6.07, 6.45) is 5.77. The van der Waals surface area contributed by atoms with Gasteiger partial charge < -0.3 is 10.3 Å². The second-order valence-corrected chi connectivity index (χ2v) is 4.81. The van der Waals surface area contributed by atoms with E-state index in [4.69, 9.17) is 10.7 Å². The number of nitrogens with two attached hydrogens (primary N) is 1. The molecule has 0 fully saturated rings. The Balaban J connectivity index is 2.02. The molecule has 17 heavy (non-hydrogen) atoms. The van der Waals surface area contributed by atoms with Gasteiger partial charge in [-0.25, -0.2) is 4.98 Å². The van der Waals surface area contributed by atoms with Gasteiger partial charge in [-0.2, -0.15) is 0 Å². The molecule has 0 bridgehead atoms. The van der Waals surface area contributed by atoms with Crippen LogP contribution in [0.4, 0.5) is 5.69 Å². The van der Waals surface area contributed by atoms with E-state index >= 15 is 0 Å². The molecule has 1 aliphatic rings. The van der Waals surface area contributed by atoms with Gasteiger partial charge in [-0.05, 0) is 31.9 Å². The van der Waals surface area contributed by atoms with Gasteiger partial charge in [0.05, 0.1) is 5.69 Å². The van der Waals surface area contributed by atoms with Gasteiger partial charge in [0.1, 0.15) is 5.82 Å². The first kappa shape index (κ1) is 10.4. The van der Waals surface area contributed by atoms with Crippen molar-refractivity contribution >= 4 is 5.69 Å². The number of imidazole rings is 1. The van der Waals surface area contributed by atoms with Crippen LogP contribution in [0, 0.1) is 0 Å². The standard InChI is InChI=1S/C14H17N3/c1-10-3-2-4-14-16-13(9-17(10)14)11-5-7-12(15)8-6-11/h5-10H,2-4,15H2,1H3/t10-/m1/s1. The summed E-state index contributed by atoms with van der Waals surface area (Å²) in [5.41, 5.74) is 8.71. The van der Waals surface area contributed by atoms with E-state index in [1.165, 1.54) is 18.7 Å². The molecule has 2 aromatic rings. The number of benzene rings is 1. The molecule has 0 aliphatic carbocycles. The molecule has 0 spiro atoms. The maximum atomic E-state index is 5.70. The molecular formula is C14H17N3. The Morgan fingerprint density at radius 1 is 1.29 bits per heavy atom. The molecular weight excluding hydrogens is 210 g/mol. The highest BCUT2D eigenvalue weighted by atomic mass is 15.1. The smallest absolute Gasteiger partial charge is 0.109 e. The predicted octanol–water partition coefficient (Wildman–Crippen LogP) is 3.03. The number of rotatable bonds is 1. The Morgan fingerprint density at radius 3 is 2.76 bits per heavy atom. The van der Waals surface area contributed by atoms with Gasteiger partial charge in [-0.15, -0.1) is 0 Å². The van der Waals surface area contributed by atoms with E-state index in [9.17, 15) is 0 Å². The Hall–Kier alpha value is -1.77. The zero-order chi connectivity index (χ0) is 11.8. The SMILES string of the molecule is C[C@@H]1CCCc2nc(-c3ccc(N)cc3)cn21. The van der Waals surface area contributed by atoms with E-state index in [0.717, 1.165) is 23.4 Å². The maximum Gasteiger partial charge on any atom is 0.109 e. The Bertz CT molecular complexity index is 525. The Labute approximate surface area is 101 Å². The molecule has 2 heterocycles. The van der Waals surface area contributed by atoms with Gasteiger partial charge in [0.25, 0.3) is 0 Å². The van der Waals surface area contributed by atoms with Gasteiger partial charge >= 0.3 is 0 Å². The average Bonchev–Trinajstić information content (AvgIpc) is 2.75. The molecule has 0 amide bonds. The van der Waals surface area contributed by atoms with Crippen molar-refractivity contribution in [2.45, 2.75) is 32.2 Å². The van der Waals surface area contributed by atoms with Crippen LogP contribution in [0.15, 0.2) is 30.5 Å². The van der Waals surface area contributed by atoms with Crippen LogP contribution < -0.4 is 5.73 Å². The molecule has 1 aliphatic heterocycles. The van der Waals surface area contributed by atoms with Crippen molar-refractivity contribution in [3.05, 3.63) is 36.3 Å². The van der Waals surface area contributed by atoms with E-state index < -0.39 is 0 Å². The zero-order valence-electron chi connectivity index (χ0n) is 10.1. The topological polar surface area (TPSA) is 43.8 Å². The van der Waals surface area contributed by atoms with E-state index in [-0.39, 0.29) is 0 Å². The Kier molecular flexibility index (Phi) is 2.39.